The van der Waals surface area contributed by atoms with Gasteiger partial charge in [0.25, 0.3) is 0 Å². The average Bonchev–Trinajstić information content (AvgIpc) is 2.87. The lowest BCUT2D eigenvalue weighted by Gasteiger charge is -2.08. The van der Waals surface area contributed by atoms with Gasteiger partial charge in [0.05, 0.1) is 6.42 Å². The number of carbonyl (C=O) groups is 1. The van der Waals surface area contributed by atoms with Crippen LogP contribution in [0.25, 0.3) is 0 Å². The van der Waals surface area contributed by atoms with Crippen molar-refractivity contribution in [2.45, 2.75) is 31.2 Å². The second-order valence-electron chi connectivity index (χ2n) is 4.54. The Labute approximate surface area is 117 Å². The molecular formula is C14H17N3OS. The maximum absolute atomic E-state index is 12.2. The van der Waals surface area contributed by atoms with Gasteiger partial charge in [-0.05, 0) is 32.2 Å². The minimum atomic E-state index is 0.0718. The minimum absolute atomic E-state index is 0.0718. The van der Waals surface area contributed by atoms with Crippen LogP contribution in [-0.2, 0) is 6.42 Å². The van der Waals surface area contributed by atoms with E-state index in [1.807, 2.05) is 44.4 Å². The Morgan fingerprint density at radius 2 is 2.00 bits per heavy atom. The molecule has 1 heterocycles. The van der Waals surface area contributed by atoms with Gasteiger partial charge in [-0.1, -0.05) is 12.1 Å². The normalized spacial score (nSPS) is 10.9. The molecule has 5 heteroatoms. The molecule has 0 aliphatic carbocycles. The number of carbonyl (C=O) groups excluding carboxylic acids is 1. The van der Waals surface area contributed by atoms with Gasteiger partial charge in [-0.2, -0.15) is 5.10 Å². The summed E-state index contributed by atoms with van der Waals surface area (Å²) in [4.78, 5) is 17.5. The minimum Gasteiger partial charge on any atom is -0.294 e. The molecule has 0 unspecified atom stereocenters. The van der Waals surface area contributed by atoms with E-state index in [1.54, 1.807) is 16.4 Å². The number of Topliss-reactive ketones (excluding diaryl/α,β-unsaturated/α-hetero) is 1. The topological polar surface area (TPSA) is 47.8 Å². The van der Waals surface area contributed by atoms with Gasteiger partial charge in [-0.25, -0.2) is 9.67 Å². The Hall–Kier alpha value is -1.62. The van der Waals surface area contributed by atoms with Crippen LogP contribution in [0.3, 0.4) is 0 Å². The first-order chi connectivity index (χ1) is 9.11. The smallest absolute Gasteiger partial charge is 0.170 e. The first kappa shape index (κ1) is 13.8. The Bertz CT molecular complexity index is 560. The standard InChI is InChI=1S/C14H17N3OS/c1-10(2)17-14(15-9-16-17)8-13(18)11-4-6-12(19-3)7-5-11/h4-7,9-10H,8H2,1-3H3. The van der Waals surface area contributed by atoms with E-state index in [0.29, 0.717) is 5.82 Å². The molecule has 2 aromatic rings. The largest absolute Gasteiger partial charge is 0.294 e. The molecule has 0 saturated heterocycles. The SMILES string of the molecule is CSc1ccc(C(=O)Cc2ncnn2C(C)C)cc1. The van der Waals surface area contributed by atoms with E-state index in [1.165, 1.54) is 6.33 Å². The van der Waals surface area contributed by atoms with Gasteiger partial charge in [-0.3, -0.25) is 4.79 Å². The van der Waals surface area contributed by atoms with Crippen molar-refractivity contribution in [3.8, 4) is 0 Å². The maximum atomic E-state index is 12.2. The van der Waals surface area contributed by atoms with E-state index < -0.39 is 0 Å². The number of aromatic nitrogens is 3. The molecule has 2 rings (SSSR count). The van der Waals surface area contributed by atoms with E-state index in [2.05, 4.69) is 10.1 Å². The Kier molecular flexibility index (Phi) is 4.37. The summed E-state index contributed by atoms with van der Waals surface area (Å²) in [5.41, 5.74) is 0.719. The van der Waals surface area contributed by atoms with Crippen molar-refractivity contribution in [2.75, 3.05) is 6.26 Å². The Balaban J connectivity index is 2.13. The zero-order valence-electron chi connectivity index (χ0n) is 11.3. The van der Waals surface area contributed by atoms with Crippen molar-refractivity contribution in [3.63, 3.8) is 0 Å². The first-order valence-corrected chi connectivity index (χ1v) is 7.40. The number of ketones is 1. The molecule has 0 atom stereocenters. The molecule has 0 radical (unpaired) electrons. The number of thioether (sulfide) groups is 1. The van der Waals surface area contributed by atoms with E-state index in [4.69, 9.17) is 0 Å². The van der Waals surface area contributed by atoms with Gasteiger partial charge in [0.2, 0.25) is 0 Å². The van der Waals surface area contributed by atoms with Crippen molar-refractivity contribution in [3.05, 3.63) is 42.0 Å². The fourth-order valence-electron chi connectivity index (χ4n) is 1.85. The molecule has 1 aromatic carbocycles. The van der Waals surface area contributed by atoms with Crippen molar-refractivity contribution in [2.24, 2.45) is 0 Å². The third-order valence-corrected chi connectivity index (χ3v) is 3.61. The molecule has 0 fully saturated rings. The lowest BCUT2D eigenvalue weighted by molar-refractivity contribution is 0.0989. The lowest BCUT2D eigenvalue weighted by Crippen LogP contribution is -2.13. The predicted molar refractivity (Wildman–Crippen MR) is 76.7 cm³/mol. The molecule has 0 amide bonds. The van der Waals surface area contributed by atoms with E-state index in [0.717, 1.165) is 10.5 Å². The van der Waals surface area contributed by atoms with Gasteiger partial charge in [-0.15, -0.1) is 11.8 Å². The zero-order valence-corrected chi connectivity index (χ0v) is 12.1. The van der Waals surface area contributed by atoms with Crippen LogP contribution in [0.15, 0.2) is 35.5 Å². The van der Waals surface area contributed by atoms with Crippen LogP contribution in [0.4, 0.5) is 0 Å². The first-order valence-electron chi connectivity index (χ1n) is 6.17. The molecule has 0 N–H and O–H groups in total. The fraction of sp³-hybridized carbons (Fsp3) is 0.357. The number of rotatable bonds is 5. The van der Waals surface area contributed by atoms with Crippen LogP contribution < -0.4 is 0 Å². The molecule has 0 bridgehead atoms. The van der Waals surface area contributed by atoms with E-state index >= 15 is 0 Å². The molecule has 0 spiro atoms. The van der Waals surface area contributed by atoms with Gasteiger partial charge >= 0.3 is 0 Å². The summed E-state index contributed by atoms with van der Waals surface area (Å²) in [5, 5.41) is 4.14. The number of hydrogen-bond acceptors (Lipinski definition) is 4. The highest BCUT2D eigenvalue weighted by molar-refractivity contribution is 7.98. The highest BCUT2D eigenvalue weighted by Gasteiger charge is 2.13. The summed E-state index contributed by atoms with van der Waals surface area (Å²) in [6.45, 7) is 4.05. The zero-order chi connectivity index (χ0) is 13.8. The van der Waals surface area contributed by atoms with Crippen LogP contribution in [0, 0.1) is 0 Å². The van der Waals surface area contributed by atoms with Gasteiger partial charge in [0.1, 0.15) is 12.2 Å². The van der Waals surface area contributed by atoms with Crippen LogP contribution >= 0.6 is 11.8 Å². The van der Waals surface area contributed by atoms with Crippen LogP contribution in [0.1, 0.15) is 36.1 Å². The Morgan fingerprint density at radius 1 is 1.32 bits per heavy atom. The van der Waals surface area contributed by atoms with Crippen molar-refractivity contribution in [1.82, 2.24) is 14.8 Å². The molecule has 1 aromatic heterocycles. The van der Waals surface area contributed by atoms with Crippen LogP contribution in [0.2, 0.25) is 0 Å². The third kappa shape index (κ3) is 3.23. The fourth-order valence-corrected chi connectivity index (χ4v) is 2.26. The van der Waals surface area contributed by atoms with Gasteiger partial charge in [0.15, 0.2) is 5.78 Å². The maximum Gasteiger partial charge on any atom is 0.170 e. The highest BCUT2D eigenvalue weighted by atomic mass is 32.2. The third-order valence-electron chi connectivity index (χ3n) is 2.87. The second kappa shape index (κ2) is 6.02. The summed E-state index contributed by atoms with van der Waals surface area (Å²) in [7, 11) is 0. The van der Waals surface area contributed by atoms with Crippen LogP contribution in [0.5, 0.6) is 0 Å². The predicted octanol–water partition coefficient (Wildman–Crippen LogP) is 3.01. The average molecular weight is 275 g/mol. The monoisotopic (exact) mass is 275 g/mol. The summed E-state index contributed by atoms with van der Waals surface area (Å²) >= 11 is 1.66. The lowest BCUT2D eigenvalue weighted by atomic mass is 10.1. The molecular weight excluding hydrogens is 258 g/mol. The number of nitrogens with zero attached hydrogens (tertiary/aromatic N) is 3. The summed E-state index contributed by atoms with van der Waals surface area (Å²) < 4.78 is 1.79. The quantitative estimate of drug-likeness (QED) is 0.621. The van der Waals surface area contributed by atoms with E-state index in [-0.39, 0.29) is 18.2 Å². The number of benzene rings is 1. The van der Waals surface area contributed by atoms with Crippen molar-refractivity contribution in [1.29, 1.82) is 0 Å². The van der Waals surface area contributed by atoms with Crippen molar-refractivity contribution >= 4 is 17.5 Å². The molecule has 100 valence electrons. The number of hydrogen-bond donors (Lipinski definition) is 0. The molecule has 0 aliphatic rings. The molecule has 19 heavy (non-hydrogen) atoms. The van der Waals surface area contributed by atoms with E-state index in [9.17, 15) is 4.79 Å². The van der Waals surface area contributed by atoms with Crippen molar-refractivity contribution < 1.29 is 4.79 Å². The second-order valence-corrected chi connectivity index (χ2v) is 5.42. The summed E-state index contributed by atoms with van der Waals surface area (Å²) in [6.07, 6.45) is 3.80. The van der Waals surface area contributed by atoms with Gasteiger partial charge < -0.3 is 0 Å². The summed E-state index contributed by atoms with van der Waals surface area (Å²) in [6, 6.07) is 7.87. The Morgan fingerprint density at radius 3 is 2.58 bits per heavy atom. The molecule has 0 saturated carbocycles. The molecule has 0 aliphatic heterocycles. The van der Waals surface area contributed by atoms with Crippen LogP contribution in [-0.4, -0.2) is 26.8 Å². The highest BCUT2D eigenvalue weighted by Crippen LogP contribution is 2.16. The van der Waals surface area contributed by atoms with Gasteiger partial charge in [0, 0.05) is 16.5 Å². The molecule has 4 nitrogen and oxygen atoms in total. The summed E-state index contributed by atoms with van der Waals surface area (Å²) in [5.74, 6) is 0.788.